The Morgan fingerprint density at radius 2 is 2.38 bits per heavy atom. The van der Waals surface area contributed by atoms with Gasteiger partial charge in [-0.25, -0.2) is 0 Å². The van der Waals surface area contributed by atoms with Gasteiger partial charge >= 0.3 is 0 Å². The van der Waals surface area contributed by atoms with E-state index in [-0.39, 0.29) is 0 Å². The van der Waals surface area contributed by atoms with Crippen molar-refractivity contribution in [2.45, 2.75) is 6.42 Å². The molecule has 2 N–H and O–H groups in total. The average Bonchev–Trinajstić information content (AvgIpc) is 2.93. The van der Waals surface area contributed by atoms with E-state index in [4.69, 9.17) is 5.21 Å². The summed E-state index contributed by atoms with van der Waals surface area (Å²) in [6.45, 7) is 0. The number of nitroso groups, excluding NO2 is 1. The van der Waals surface area contributed by atoms with Crippen LogP contribution in [0.1, 0.15) is 11.1 Å². The Bertz CT molecular complexity index is 616. The zero-order chi connectivity index (χ0) is 11.1. The highest BCUT2D eigenvalue weighted by atomic mass is 32.1. The second-order valence-electron chi connectivity index (χ2n) is 3.59. The van der Waals surface area contributed by atoms with Gasteiger partial charge in [0.05, 0.1) is 4.70 Å². The van der Waals surface area contributed by atoms with Crippen LogP contribution in [0.5, 0.6) is 0 Å². The Hall–Kier alpha value is -1.72. The molecular formula is C11H8N2O2S. The number of anilines is 1. The second kappa shape index (κ2) is 3.40. The van der Waals surface area contributed by atoms with Crippen LogP contribution in [-0.4, -0.2) is 5.21 Å². The minimum atomic E-state index is 0.317. The lowest BCUT2D eigenvalue weighted by Gasteiger charge is -2.09. The molecule has 4 nitrogen and oxygen atoms in total. The van der Waals surface area contributed by atoms with Crippen LogP contribution in [0.2, 0.25) is 0 Å². The van der Waals surface area contributed by atoms with E-state index in [2.05, 4.69) is 10.7 Å². The number of rotatable bonds is 2. The van der Waals surface area contributed by atoms with E-state index in [0.717, 1.165) is 21.2 Å². The maximum Gasteiger partial charge on any atom is 0.138 e. The molecule has 5 heteroatoms. The van der Waals surface area contributed by atoms with Gasteiger partial charge in [-0.05, 0) is 34.2 Å². The molecule has 1 aliphatic rings. The van der Waals surface area contributed by atoms with Crippen molar-refractivity contribution in [3.8, 4) is 0 Å². The van der Waals surface area contributed by atoms with Crippen molar-refractivity contribution in [1.82, 2.24) is 0 Å². The molecule has 0 unspecified atom stereocenters. The Kier molecular flexibility index (Phi) is 2.02. The molecule has 1 aromatic heterocycles. The zero-order valence-corrected chi connectivity index (χ0v) is 9.04. The molecule has 1 aromatic carbocycles. The molecule has 0 bridgehead atoms. The van der Waals surface area contributed by atoms with Gasteiger partial charge in [0.25, 0.3) is 0 Å². The van der Waals surface area contributed by atoms with Gasteiger partial charge in [0.1, 0.15) is 11.4 Å². The normalized spacial score (nSPS) is 13.1. The second-order valence-corrected chi connectivity index (χ2v) is 4.50. The number of hydrogen-bond acceptors (Lipinski definition) is 5. The van der Waals surface area contributed by atoms with Crippen molar-refractivity contribution < 1.29 is 5.21 Å². The molecule has 0 amide bonds. The molecule has 16 heavy (non-hydrogen) atoms. The van der Waals surface area contributed by atoms with Crippen LogP contribution in [0.25, 0.3) is 16.2 Å². The molecule has 0 aliphatic heterocycles. The van der Waals surface area contributed by atoms with Gasteiger partial charge in [-0.1, -0.05) is 12.2 Å². The smallest absolute Gasteiger partial charge is 0.138 e. The van der Waals surface area contributed by atoms with Crippen LogP contribution in [0.15, 0.2) is 22.7 Å². The molecule has 80 valence electrons. The first kappa shape index (κ1) is 9.50. The van der Waals surface area contributed by atoms with Gasteiger partial charge in [0.15, 0.2) is 0 Å². The number of nitrogens with zero attached hydrogens (tertiary/aromatic N) is 1. The van der Waals surface area contributed by atoms with E-state index < -0.39 is 0 Å². The molecule has 0 radical (unpaired) electrons. The van der Waals surface area contributed by atoms with Crippen LogP contribution < -0.4 is 5.48 Å². The Labute approximate surface area is 95.1 Å². The Balaban J connectivity index is 2.51. The third kappa shape index (κ3) is 1.07. The van der Waals surface area contributed by atoms with Gasteiger partial charge in [-0.15, -0.1) is 16.2 Å². The van der Waals surface area contributed by atoms with Crippen LogP contribution in [0, 0.1) is 4.91 Å². The van der Waals surface area contributed by atoms with Crippen LogP contribution in [0.3, 0.4) is 0 Å². The van der Waals surface area contributed by atoms with E-state index >= 15 is 0 Å². The molecule has 2 aromatic rings. The summed E-state index contributed by atoms with van der Waals surface area (Å²) in [5, 5.41) is 15.2. The lowest BCUT2D eigenvalue weighted by Crippen LogP contribution is -1.94. The average molecular weight is 232 g/mol. The highest BCUT2D eigenvalue weighted by molar-refractivity contribution is 7.18. The predicted octanol–water partition coefficient (Wildman–Crippen LogP) is 3.67. The van der Waals surface area contributed by atoms with Gasteiger partial charge in [-0.3, -0.25) is 10.7 Å². The summed E-state index contributed by atoms with van der Waals surface area (Å²) < 4.78 is 0.863. The number of hydrogen-bond donors (Lipinski definition) is 2. The van der Waals surface area contributed by atoms with Gasteiger partial charge in [-0.2, -0.15) is 0 Å². The van der Waals surface area contributed by atoms with E-state index in [1.165, 1.54) is 11.3 Å². The topological polar surface area (TPSA) is 61.7 Å². The maximum absolute atomic E-state index is 10.9. The monoisotopic (exact) mass is 232 g/mol. The summed E-state index contributed by atoms with van der Waals surface area (Å²) >= 11 is 1.48. The zero-order valence-electron chi connectivity index (χ0n) is 8.23. The standard InChI is InChI=1S/C11H8N2O2S/c14-12-9-7-3-1-2-6(7)8-4-5-16-11(8)10(9)13-15/h1-2,4-5,13,15H,3H2. The summed E-state index contributed by atoms with van der Waals surface area (Å²) in [5.41, 5.74) is 4.76. The fraction of sp³-hybridized carbons (Fsp3) is 0.0909. The van der Waals surface area contributed by atoms with Gasteiger partial charge in [0, 0.05) is 5.39 Å². The van der Waals surface area contributed by atoms with Crippen molar-refractivity contribution in [1.29, 1.82) is 0 Å². The first-order valence-corrected chi connectivity index (χ1v) is 5.71. The lowest BCUT2D eigenvalue weighted by atomic mass is 10.0. The van der Waals surface area contributed by atoms with E-state index in [9.17, 15) is 4.91 Å². The van der Waals surface area contributed by atoms with Crippen molar-refractivity contribution in [3.05, 3.63) is 33.6 Å². The summed E-state index contributed by atoms with van der Waals surface area (Å²) in [4.78, 5) is 10.9. The Morgan fingerprint density at radius 3 is 3.12 bits per heavy atom. The highest BCUT2D eigenvalue weighted by Gasteiger charge is 2.21. The first-order chi connectivity index (χ1) is 7.86. The van der Waals surface area contributed by atoms with Crippen molar-refractivity contribution in [3.63, 3.8) is 0 Å². The fourth-order valence-corrected chi connectivity index (χ4v) is 3.06. The molecule has 0 spiro atoms. The molecule has 3 rings (SSSR count). The van der Waals surface area contributed by atoms with Crippen LogP contribution in [-0.2, 0) is 6.42 Å². The lowest BCUT2D eigenvalue weighted by molar-refractivity contribution is 0.390. The van der Waals surface area contributed by atoms with Crippen molar-refractivity contribution in [2.24, 2.45) is 5.18 Å². The summed E-state index contributed by atoms with van der Waals surface area (Å²) in [5.74, 6) is 0. The van der Waals surface area contributed by atoms with Gasteiger partial charge < -0.3 is 0 Å². The predicted molar refractivity (Wildman–Crippen MR) is 65.4 cm³/mol. The summed E-state index contributed by atoms with van der Waals surface area (Å²) in [6, 6.07) is 1.99. The fourth-order valence-electron chi connectivity index (χ4n) is 2.16. The summed E-state index contributed by atoms with van der Waals surface area (Å²) in [7, 11) is 0. The third-order valence-electron chi connectivity index (χ3n) is 2.84. The van der Waals surface area contributed by atoms with E-state index in [1.54, 1.807) is 0 Å². The SMILES string of the molecule is O=Nc1c2c(c3ccsc3c1NO)C=CC2. The number of allylic oxidation sites excluding steroid dienone is 1. The number of thiophene rings is 1. The molecule has 0 atom stereocenters. The Morgan fingerprint density at radius 1 is 1.50 bits per heavy atom. The van der Waals surface area contributed by atoms with Crippen LogP contribution >= 0.6 is 11.3 Å². The van der Waals surface area contributed by atoms with Crippen LogP contribution in [0.4, 0.5) is 11.4 Å². The number of benzene rings is 1. The molecule has 0 saturated carbocycles. The minimum Gasteiger partial charge on any atom is -0.291 e. The molecule has 0 saturated heterocycles. The van der Waals surface area contributed by atoms with Crippen molar-refractivity contribution >= 4 is 38.9 Å². The molecule has 1 heterocycles. The summed E-state index contributed by atoms with van der Waals surface area (Å²) in [6.07, 6.45) is 4.69. The van der Waals surface area contributed by atoms with Crippen molar-refractivity contribution in [2.75, 3.05) is 5.48 Å². The van der Waals surface area contributed by atoms with Gasteiger partial charge in [0.2, 0.25) is 0 Å². The quantitative estimate of drug-likeness (QED) is 0.613. The first-order valence-electron chi connectivity index (χ1n) is 4.83. The molecule has 0 fully saturated rings. The van der Waals surface area contributed by atoms with E-state index in [1.807, 2.05) is 23.6 Å². The molecule has 1 aliphatic carbocycles. The number of fused-ring (bicyclic) bond motifs is 3. The largest absolute Gasteiger partial charge is 0.291 e. The third-order valence-corrected chi connectivity index (χ3v) is 3.77. The highest BCUT2D eigenvalue weighted by Crippen LogP contribution is 2.45. The number of nitrogens with one attached hydrogen (secondary N) is 1. The van der Waals surface area contributed by atoms with E-state index in [0.29, 0.717) is 17.8 Å². The molecular weight excluding hydrogens is 224 g/mol. The maximum atomic E-state index is 10.9. The minimum absolute atomic E-state index is 0.317.